The van der Waals surface area contributed by atoms with Crippen molar-refractivity contribution in [1.29, 1.82) is 0 Å². The largest absolute Gasteiger partial charge is 0.353 e. The van der Waals surface area contributed by atoms with E-state index in [1.807, 2.05) is 57.5 Å². The maximum Gasteiger partial charge on any atom is 0.194 e. The summed E-state index contributed by atoms with van der Waals surface area (Å²) in [6, 6.07) is 9.38. The van der Waals surface area contributed by atoms with Gasteiger partial charge in [0.25, 0.3) is 0 Å². The Balaban J connectivity index is 1.99. The minimum atomic E-state index is -0.164. The number of hydrogen-bond acceptors (Lipinski definition) is 2. The number of benzene rings is 1. The molecule has 0 spiro atoms. The van der Waals surface area contributed by atoms with Crippen molar-refractivity contribution in [3.8, 4) is 0 Å². The smallest absolute Gasteiger partial charge is 0.194 e. The van der Waals surface area contributed by atoms with E-state index in [2.05, 4.69) is 25.8 Å². The Bertz CT molecular complexity index is 720. The van der Waals surface area contributed by atoms with E-state index in [0.717, 1.165) is 18.1 Å². The topological polar surface area (TPSA) is 35.8 Å². The van der Waals surface area contributed by atoms with Gasteiger partial charge in [-0.15, -0.1) is 0 Å². The summed E-state index contributed by atoms with van der Waals surface area (Å²) in [5, 5.41) is 3.35. The summed E-state index contributed by atoms with van der Waals surface area (Å²) in [7, 11) is 9.68. The molecule has 1 aromatic carbocycles. The van der Waals surface area contributed by atoms with Gasteiger partial charge in [-0.2, -0.15) is 0 Å². The van der Waals surface area contributed by atoms with Crippen LogP contribution in [-0.4, -0.2) is 48.5 Å². The Morgan fingerprint density at radius 2 is 1.96 bits per heavy atom. The van der Waals surface area contributed by atoms with Crippen LogP contribution < -0.4 is 5.32 Å². The summed E-state index contributed by atoms with van der Waals surface area (Å²) < 4.78 is 16.0. The molecule has 0 fully saturated rings. The Hall–Kier alpha value is -2.34. The van der Waals surface area contributed by atoms with E-state index >= 15 is 0 Å². The minimum absolute atomic E-state index is 0.164. The molecule has 1 aromatic heterocycles. The summed E-state index contributed by atoms with van der Waals surface area (Å²) >= 11 is 0. The number of hydrogen-bond donors (Lipinski definition) is 1. The predicted octanol–water partition coefficient (Wildman–Crippen LogP) is 2.43. The van der Waals surface area contributed by atoms with Gasteiger partial charge in [-0.1, -0.05) is 6.07 Å². The second-order valence-corrected chi connectivity index (χ2v) is 6.53. The van der Waals surface area contributed by atoms with Crippen LogP contribution in [0.15, 0.2) is 41.5 Å². The van der Waals surface area contributed by atoms with Crippen molar-refractivity contribution in [2.24, 2.45) is 12.0 Å². The molecule has 0 saturated carbocycles. The number of halogens is 1. The molecule has 2 rings (SSSR count). The zero-order valence-corrected chi connectivity index (χ0v) is 15.8. The van der Waals surface area contributed by atoms with Crippen molar-refractivity contribution >= 4 is 5.96 Å². The normalized spacial score (nSPS) is 11.9. The molecule has 0 saturated heterocycles. The van der Waals surface area contributed by atoms with Crippen molar-refractivity contribution in [1.82, 2.24) is 19.7 Å². The van der Waals surface area contributed by atoms with Gasteiger partial charge in [0.2, 0.25) is 0 Å². The van der Waals surface area contributed by atoms with E-state index in [1.54, 1.807) is 7.05 Å². The second-order valence-electron chi connectivity index (χ2n) is 6.53. The summed E-state index contributed by atoms with van der Waals surface area (Å²) in [6.45, 7) is 1.95. The predicted molar refractivity (Wildman–Crippen MR) is 101 cm³/mol. The van der Waals surface area contributed by atoms with Crippen LogP contribution in [0.4, 0.5) is 4.39 Å². The monoisotopic (exact) mass is 345 g/mol. The third-order valence-electron chi connectivity index (χ3n) is 4.07. The average molecular weight is 345 g/mol. The van der Waals surface area contributed by atoms with E-state index in [0.29, 0.717) is 18.7 Å². The molecule has 0 unspecified atom stereocenters. The summed E-state index contributed by atoms with van der Waals surface area (Å²) in [5.41, 5.74) is 2.95. The molecule has 25 heavy (non-hydrogen) atoms. The molecule has 0 bridgehead atoms. The molecule has 0 atom stereocenters. The molecule has 0 aliphatic heterocycles. The number of rotatable bonds is 6. The van der Waals surface area contributed by atoms with E-state index in [-0.39, 0.29) is 5.82 Å². The van der Waals surface area contributed by atoms with Crippen LogP contribution in [0.1, 0.15) is 16.8 Å². The fraction of sp³-hybridized carbons (Fsp3) is 0.421. The van der Waals surface area contributed by atoms with E-state index in [1.165, 1.54) is 11.8 Å². The van der Waals surface area contributed by atoms with Gasteiger partial charge in [0.05, 0.1) is 6.54 Å². The van der Waals surface area contributed by atoms with Gasteiger partial charge in [-0.3, -0.25) is 4.99 Å². The van der Waals surface area contributed by atoms with Crippen LogP contribution in [-0.2, 0) is 26.7 Å². The minimum Gasteiger partial charge on any atom is -0.353 e. The lowest BCUT2D eigenvalue weighted by Gasteiger charge is -2.22. The Labute approximate surface area is 149 Å². The van der Waals surface area contributed by atoms with Crippen molar-refractivity contribution < 1.29 is 4.39 Å². The molecule has 0 amide bonds. The lowest BCUT2D eigenvalue weighted by atomic mass is 10.1. The first-order chi connectivity index (χ1) is 11.9. The number of aromatic nitrogens is 1. The first-order valence-corrected chi connectivity index (χ1v) is 8.34. The lowest BCUT2D eigenvalue weighted by Crippen LogP contribution is -2.38. The molecule has 2 aromatic rings. The number of nitrogens with zero attached hydrogens (tertiary/aromatic N) is 4. The van der Waals surface area contributed by atoms with Crippen LogP contribution in [0.5, 0.6) is 0 Å². The molecule has 1 heterocycles. The summed E-state index contributed by atoms with van der Waals surface area (Å²) in [5.74, 6) is 0.641. The zero-order chi connectivity index (χ0) is 18.4. The van der Waals surface area contributed by atoms with Crippen LogP contribution in [0.2, 0.25) is 0 Å². The van der Waals surface area contributed by atoms with Gasteiger partial charge in [0, 0.05) is 51.7 Å². The molecule has 0 aliphatic rings. The van der Waals surface area contributed by atoms with Crippen LogP contribution in [0.25, 0.3) is 0 Å². The van der Waals surface area contributed by atoms with Crippen LogP contribution in [0.3, 0.4) is 0 Å². The highest BCUT2D eigenvalue weighted by Crippen LogP contribution is 2.12. The third-order valence-corrected chi connectivity index (χ3v) is 4.07. The molecule has 1 N–H and O–H groups in total. The first kappa shape index (κ1) is 19.0. The van der Waals surface area contributed by atoms with Crippen LogP contribution in [0, 0.1) is 5.82 Å². The number of aryl methyl sites for hydroxylation is 1. The molecule has 0 aliphatic carbocycles. The Morgan fingerprint density at radius 1 is 1.20 bits per heavy atom. The van der Waals surface area contributed by atoms with Crippen molar-refractivity contribution in [3.05, 3.63) is 59.2 Å². The highest BCUT2D eigenvalue weighted by molar-refractivity contribution is 5.79. The number of guanidine groups is 1. The van der Waals surface area contributed by atoms with Gasteiger partial charge < -0.3 is 19.7 Å². The summed E-state index contributed by atoms with van der Waals surface area (Å²) in [4.78, 5) is 8.37. The molecule has 136 valence electrons. The van der Waals surface area contributed by atoms with Gasteiger partial charge in [0.1, 0.15) is 5.82 Å². The average Bonchev–Trinajstić information content (AvgIpc) is 2.95. The second kappa shape index (κ2) is 8.67. The number of nitrogens with one attached hydrogen (secondary N) is 1. The SMILES string of the molecule is CN=C(NCc1ccc(F)c(CN(C)C)c1)N(C)Cc1cccn1C. The Kier molecular flexibility index (Phi) is 6.58. The standard InChI is InChI=1S/C19H28FN5/c1-21-19(25(5)14-17-7-6-10-24(17)4)22-12-15-8-9-18(20)16(11-15)13-23(2)3/h6-11H,12-14H2,1-5H3,(H,21,22). The quantitative estimate of drug-likeness (QED) is 0.645. The van der Waals surface area contributed by atoms with Gasteiger partial charge in [-0.05, 0) is 43.9 Å². The van der Waals surface area contributed by atoms with Gasteiger partial charge >= 0.3 is 0 Å². The molecule has 6 heteroatoms. The van der Waals surface area contributed by atoms with Gasteiger partial charge in [0.15, 0.2) is 5.96 Å². The van der Waals surface area contributed by atoms with E-state index in [4.69, 9.17) is 0 Å². The third kappa shape index (κ3) is 5.32. The van der Waals surface area contributed by atoms with E-state index < -0.39 is 0 Å². The van der Waals surface area contributed by atoms with Crippen molar-refractivity contribution in [2.75, 3.05) is 28.2 Å². The van der Waals surface area contributed by atoms with E-state index in [9.17, 15) is 4.39 Å². The molecular weight excluding hydrogens is 317 g/mol. The Morgan fingerprint density at radius 3 is 2.56 bits per heavy atom. The maximum atomic E-state index is 13.9. The zero-order valence-electron chi connectivity index (χ0n) is 15.8. The molecule has 0 radical (unpaired) electrons. The van der Waals surface area contributed by atoms with Crippen molar-refractivity contribution in [3.63, 3.8) is 0 Å². The lowest BCUT2D eigenvalue weighted by molar-refractivity contribution is 0.392. The highest BCUT2D eigenvalue weighted by Gasteiger charge is 2.09. The fourth-order valence-electron chi connectivity index (χ4n) is 2.74. The van der Waals surface area contributed by atoms with Crippen LogP contribution >= 0.6 is 0 Å². The fourth-order valence-corrected chi connectivity index (χ4v) is 2.74. The molecular formula is C19H28FN5. The molecule has 5 nitrogen and oxygen atoms in total. The van der Waals surface area contributed by atoms with Gasteiger partial charge in [-0.25, -0.2) is 4.39 Å². The van der Waals surface area contributed by atoms with Crippen molar-refractivity contribution in [2.45, 2.75) is 19.6 Å². The number of aliphatic imine (C=N–C) groups is 1. The highest BCUT2D eigenvalue weighted by atomic mass is 19.1. The summed E-state index contributed by atoms with van der Waals surface area (Å²) in [6.07, 6.45) is 2.03. The maximum absolute atomic E-state index is 13.9. The first-order valence-electron chi connectivity index (χ1n) is 8.34.